The molecule has 0 spiro atoms. The lowest BCUT2D eigenvalue weighted by Crippen LogP contribution is -2.43. The van der Waals surface area contributed by atoms with Crippen LogP contribution in [0.1, 0.15) is 18.5 Å². The zero-order chi connectivity index (χ0) is 13.7. The molecular weight excluding hydrogens is 244 g/mol. The maximum Gasteiger partial charge on any atom is 0.233 e. The lowest BCUT2D eigenvalue weighted by molar-refractivity contribution is -0.122. The highest BCUT2D eigenvalue weighted by Crippen LogP contribution is 2.16. The van der Waals surface area contributed by atoms with Crippen molar-refractivity contribution >= 4 is 5.91 Å². The van der Waals surface area contributed by atoms with Crippen molar-refractivity contribution in [1.82, 2.24) is 20.2 Å². The summed E-state index contributed by atoms with van der Waals surface area (Å²) in [6.45, 7) is 4.11. The van der Waals surface area contributed by atoms with Gasteiger partial charge >= 0.3 is 0 Å². The fourth-order valence-corrected chi connectivity index (χ4v) is 2.14. The van der Waals surface area contributed by atoms with Gasteiger partial charge in [0.15, 0.2) is 0 Å². The zero-order valence-electron chi connectivity index (χ0n) is 11.4. The van der Waals surface area contributed by atoms with Crippen LogP contribution in [0.3, 0.4) is 0 Å². The van der Waals surface area contributed by atoms with Crippen LogP contribution in [0.2, 0.25) is 0 Å². The number of piperidine rings is 1. The van der Waals surface area contributed by atoms with Crippen LogP contribution in [0.5, 0.6) is 5.88 Å². The number of aryl methyl sites for hydroxylation is 1. The van der Waals surface area contributed by atoms with Gasteiger partial charge in [-0.05, 0) is 19.8 Å². The molecule has 1 aromatic heterocycles. The second-order valence-corrected chi connectivity index (χ2v) is 4.77. The molecule has 1 saturated heterocycles. The van der Waals surface area contributed by atoms with Gasteiger partial charge in [0, 0.05) is 26.3 Å². The second kappa shape index (κ2) is 6.47. The third-order valence-corrected chi connectivity index (χ3v) is 3.20. The van der Waals surface area contributed by atoms with E-state index in [-0.39, 0.29) is 12.0 Å². The highest BCUT2D eigenvalue weighted by Gasteiger charge is 2.22. The van der Waals surface area contributed by atoms with E-state index in [0.717, 1.165) is 31.6 Å². The Kier molecular flexibility index (Phi) is 4.68. The molecule has 1 N–H and O–H groups in total. The number of likely N-dealkylation sites (tertiary alicyclic amines) is 1. The standard InChI is InChI=1S/C13H20N4O2/c1-10-7-15-8-13(16-10)19-11-3-5-17(6-4-11)9-12(18)14-2/h7-8,11H,3-6,9H2,1-2H3,(H,14,18). The number of hydrogen-bond acceptors (Lipinski definition) is 5. The summed E-state index contributed by atoms with van der Waals surface area (Å²) in [6.07, 6.45) is 5.33. The van der Waals surface area contributed by atoms with Crippen molar-refractivity contribution in [2.24, 2.45) is 0 Å². The van der Waals surface area contributed by atoms with E-state index >= 15 is 0 Å². The van der Waals surface area contributed by atoms with Crippen molar-refractivity contribution in [3.8, 4) is 5.88 Å². The van der Waals surface area contributed by atoms with Crippen LogP contribution >= 0.6 is 0 Å². The molecule has 1 fully saturated rings. The number of amides is 1. The van der Waals surface area contributed by atoms with Gasteiger partial charge in [-0.1, -0.05) is 0 Å². The monoisotopic (exact) mass is 264 g/mol. The molecule has 0 saturated carbocycles. The molecule has 0 aromatic carbocycles. The van der Waals surface area contributed by atoms with Gasteiger partial charge in [0.05, 0.1) is 18.4 Å². The summed E-state index contributed by atoms with van der Waals surface area (Å²) in [5.41, 5.74) is 0.856. The molecule has 104 valence electrons. The van der Waals surface area contributed by atoms with Crippen LogP contribution in [0.15, 0.2) is 12.4 Å². The summed E-state index contributed by atoms with van der Waals surface area (Å²) in [4.78, 5) is 21.8. The third-order valence-electron chi connectivity index (χ3n) is 3.20. The van der Waals surface area contributed by atoms with E-state index in [9.17, 15) is 4.79 Å². The largest absolute Gasteiger partial charge is 0.473 e. The average Bonchev–Trinajstić information content (AvgIpc) is 2.41. The minimum atomic E-state index is 0.0592. The summed E-state index contributed by atoms with van der Waals surface area (Å²) in [5, 5.41) is 2.64. The lowest BCUT2D eigenvalue weighted by atomic mass is 10.1. The number of rotatable bonds is 4. The molecule has 1 aliphatic rings. The Morgan fingerprint density at radius 2 is 2.21 bits per heavy atom. The minimum Gasteiger partial charge on any atom is -0.473 e. The Morgan fingerprint density at radius 3 is 2.84 bits per heavy atom. The van der Waals surface area contributed by atoms with Crippen molar-refractivity contribution in [2.45, 2.75) is 25.9 Å². The first-order chi connectivity index (χ1) is 9.17. The zero-order valence-corrected chi connectivity index (χ0v) is 11.4. The van der Waals surface area contributed by atoms with Crippen LogP contribution in [0, 0.1) is 6.92 Å². The maximum absolute atomic E-state index is 11.3. The smallest absolute Gasteiger partial charge is 0.233 e. The van der Waals surface area contributed by atoms with Crippen molar-refractivity contribution < 1.29 is 9.53 Å². The van der Waals surface area contributed by atoms with Gasteiger partial charge in [0.1, 0.15) is 6.10 Å². The Bertz CT molecular complexity index is 430. The summed E-state index contributed by atoms with van der Waals surface area (Å²) in [6, 6.07) is 0. The molecule has 1 aromatic rings. The van der Waals surface area contributed by atoms with E-state index in [0.29, 0.717) is 12.4 Å². The average molecular weight is 264 g/mol. The van der Waals surface area contributed by atoms with Crippen molar-refractivity contribution in [1.29, 1.82) is 0 Å². The molecular formula is C13H20N4O2. The number of carbonyl (C=O) groups is 1. The first-order valence-corrected chi connectivity index (χ1v) is 6.55. The minimum absolute atomic E-state index is 0.0592. The van der Waals surface area contributed by atoms with Crippen LogP contribution in [-0.4, -0.2) is 53.6 Å². The number of hydrogen-bond donors (Lipinski definition) is 1. The van der Waals surface area contributed by atoms with Gasteiger partial charge in [-0.25, -0.2) is 4.98 Å². The summed E-state index contributed by atoms with van der Waals surface area (Å²) < 4.78 is 5.81. The molecule has 1 amide bonds. The molecule has 0 atom stereocenters. The Balaban J connectivity index is 1.79. The third kappa shape index (κ3) is 4.17. The highest BCUT2D eigenvalue weighted by molar-refractivity contribution is 5.77. The maximum atomic E-state index is 11.3. The molecule has 6 heteroatoms. The first kappa shape index (κ1) is 13.7. The predicted molar refractivity (Wildman–Crippen MR) is 70.9 cm³/mol. The SMILES string of the molecule is CNC(=O)CN1CCC(Oc2cncc(C)n2)CC1. The normalized spacial score (nSPS) is 17.2. The van der Waals surface area contributed by atoms with Crippen LogP contribution < -0.4 is 10.1 Å². The summed E-state index contributed by atoms with van der Waals surface area (Å²) in [7, 11) is 1.66. The van der Waals surface area contributed by atoms with Crippen LogP contribution in [0.25, 0.3) is 0 Å². The van der Waals surface area contributed by atoms with Gasteiger partial charge in [-0.3, -0.25) is 14.7 Å². The topological polar surface area (TPSA) is 67.4 Å². The van der Waals surface area contributed by atoms with E-state index < -0.39 is 0 Å². The molecule has 2 rings (SSSR count). The highest BCUT2D eigenvalue weighted by atomic mass is 16.5. The van der Waals surface area contributed by atoms with Gasteiger partial charge in [-0.2, -0.15) is 0 Å². The predicted octanol–water partition coefficient (Wildman–Crippen LogP) is 0.374. The van der Waals surface area contributed by atoms with E-state index in [2.05, 4.69) is 20.2 Å². The first-order valence-electron chi connectivity index (χ1n) is 6.55. The van der Waals surface area contributed by atoms with Crippen LogP contribution in [-0.2, 0) is 4.79 Å². The van der Waals surface area contributed by atoms with Gasteiger partial charge in [-0.15, -0.1) is 0 Å². The van der Waals surface area contributed by atoms with E-state index in [1.54, 1.807) is 19.4 Å². The van der Waals surface area contributed by atoms with Gasteiger partial charge < -0.3 is 10.1 Å². The number of likely N-dealkylation sites (N-methyl/N-ethyl adjacent to an activating group) is 1. The molecule has 6 nitrogen and oxygen atoms in total. The fraction of sp³-hybridized carbons (Fsp3) is 0.615. The number of ether oxygens (including phenoxy) is 1. The number of nitrogens with one attached hydrogen (secondary N) is 1. The van der Waals surface area contributed by atoms with Gasteiger partial charge in [0.25, 0.3) is 0 Å². The molecule has 0 aliphatic carbocycles. The quantitative estimate of drug-likeness (QED) is 0.851. The number of aromatic nitrogens is 2. The van der Waals surface area contributed by atoms with Crippen LogP contribution in [0.4, 0.5) is 0 Å². The van der Waals surface area contributed by atoms with Crippen molar-refractivity contribution in [2.75, 3.05) is 26.7 Å². The van der Waals surface area contributed by atoms with Gasteiger partial charge in [0.2, 0.25) is 11.8 Å². The summed E-state index contributed by atoms with van der Waals surface area (Å²) in [5.74, 6) is 0.647. The molecule has 2 heterocycles. The Hall–Kier alpha value is -1.69. The second-order valence-electron chi connectivity index (χ2n) is 4.77. The lowest BCUT2D eigenvalue weighted by Gasteiger charge is -2.31. The fourth-order valence-electron chi connectivity index (χ4n) is 2.14. The molecule has 0 bridgehead atoms. The molecule has 0 radical (unpaired) electrons. The molecule has 0 unspecified atom stereocenters. The van der Waals surface area contributed by atoms with E-state index in [4.69, 9.17) is 4.74 Å². The summed E-state index contributed by atoms with van der Waals surface area (Å²) >= 11 is 0. The van der Waals surface area contributed by atoms with Crippen molar-refractivity contribution in [3.05, 3.63) is 18.1 Å². The molecule has 19 heavy (non-hydrogen) atoms. The number of nitrogens with zero attached hydrogens (tertiary/aromatic N) is 3. The number of carbonyl (C=O) groups excluding carboxylic acids is 1. The Labute approximate surface area is 113 Å². The Morgan fingerprint density at radius 1 is 1.47 bits per heavy atom. The van der Waals surface area contributed by atoms with E-state index in [1.807, 2.05) is 6.92 Å². The molecule has 1 aliphatic heterocycles. The van der Waals surface area contributed by atoms with Crippen molar-refractivity contribution in [3.63, 3.8) is 0 Å². The van der Waals surface area contributed by atoms with E-state index in [1.165, 1.54) is 0 Å².